The largest absolute Gasteiger partial charge is 0.448 e. The van der Waals surface area contributed by atoms with Gasteiger partial charge in [-0.2, -0.15) is 0 Å². The second-order valence-electron chi connectivity index (χ2n) is 2.76. The highest BCUT2D eigenvalue weighted by atomic mass is 16.6. The zero-order valence-electron chi connectivity index (χ0n) is 7.33. The Labute approximate surface area is 67.3 Å². The van der Waals surface area contributed by atoms with Gasteiger partial charge in [-0.1, -0.05) is 13.8 Å². The molecule has 0 heterocycles. The second-order valence-corrected chi connectivity index (χ2v) is 2.76. The van der Waals surface area contributed by atoms with Crippen LogP contribution in [0.4, 0.5) is 4.79 Å². The van der Waals surface area contributed by atoms with Crippen molar-refractivity contribution in [2.24, 2.45) is 11.8 Å². The van der Waals surface area contributed by atoms with Crippen LogP contribution < -0.4 is 5.84 Å². The summed E-state index contributed by atoms with van der Waals surface area (Å²) in [5, 5.41) is 1.04. The first-order valence-electron chi connectivity index (χ1n) is 3.77. The van der Waals surface area contributed by atoms with E-state index in [0.29, 0.717) is 19.1 Å². The van der Waals surface area contributed by atoms with Crippen LogP contribution in [0.5, 0.6) is 0 Å². The SMILES string of the molecule is CCN(N)C(=O)OCC(C)C. The van der Waals surface area contributed by atoms with Gasteiger partial charge in [0.15, 0.2) is 0 Å². The van der Waals surface area contributed by atoms with Crippen LogP contribution in [0.1, 0.15) is 20.8 Å². The van der Waals surface area contributed by atoms with Crippen LogP contribution in [0.25, 0.3) is 0 Å². The number of hydrogen-bond acceptors (Lipinski definition) is 3. The van der Waals surface area contributed by atoms with Crippen molar-refractivity contribution in [1.82, 2.24) is 5.01 Å². The Morgan fingerprint density at radius 3 is 2.55 bits per heavy atom. The molecular formula is C7H16N2O2. The zero-order chi connectivity index (χ0) is 8.85. The van der Waals surface area contributed by atoms with E-state index in [1.165, 1.54) is 0 Å². The maximum absolute atomic E-state index is 10.9. The molecule has 4 heteroatoms. The molecular weight excluding hydrogens is 144 g/mol. The van der Waals surface area contributed by atoms with Crippen LogP contribution in [0.2, 0.25) is 0 Å². The molecule has 0 aromatic carbocycles. The van der Waals surface area contributed by atoms with Gasteiger partial charge in [0, 0.05) is 6.54 Å². The molecule has 0 unspecified atom stereocenters. The molecule has 4 nitrogen and oxygen atoms in total. The average molecular weight is 160 g/mol. The lowest BCUT2D eigenvalue weighted by molar-refractivity contribution is 0.0939. The van der Waals surface area contributed by atoms with Crippen LogP contribution in [0.15, 0.2) is 0 Å². The average Bonchev–Trinajstić information content (AvgIpc) is 1.98. The first-order valence-corrected chi connectivity index (χ1v) is 3.77. The number of nitrogens with zero attached hydrogens (tertiary/aromatic N) is 1. The fourth-order valence-corrected chi connectivity index (χ4v) is 0.450. The molecule has 0 spiro atoms. The predicted molar refractivity (Wildman–Crippen MR) is 42.8 cm³/mol. The lowest BCUT2D eigenvalue weighted by Gasteiger charge is -2.14. The number of hydrogen-bond donors (Lipinski definition) is 1. The number of nitrogens with two attached hydrogens (primary N) is 1. The minimum absolute atomic E-state index is 0.351. The molecule has 0 saturated heterocycles. The van der Waals surface area contributed by atoms with Crippen LogP contribution in [-0.4, -0.2) is 24.3 Å². The van der Waals surface area contributed by atoms with Gasteiger partial charge in [0.1, 0.15) is 0 Å². The van der Waals surface area contributed by atoms with Crippen molar-refractivity contribution in [3.05, 3.63) is 0 Å². The summed E-state index contributed by atoms with van der Waals surface area (Å²) in [4.78, 5) is 10.9. The fourth-order valence-electron chi connectivity index (χ4n) is 0.450. The number of amides is 1. The maximum atomic E-state index is 10.9. The normalized spacial score (nSPS) is 9.91. The summed E-state index contributed by atoms with van der Waals surface area (Å²) in [5.41, 5.74) is 0. The zero-order valence-corrected chi connectivity index (χ0v) is 7.33. The highest BCUT2D eigenvalue weighted by Crippen LogP contribution is 1.94. The van der Waals surface area contributed by atoms with Gasteiger partial charge in [-0.05, 0) is 12.8 Å². The number of carbonyl (C=O) groups is 1. The summed E-state index contributed by atoms with van der Waals surface area (Å²) >= 11 is 0. The first kappa shape index (κ1) is 10.2. The minimum atomic E-state index is -0.457. The van der Waals surface area contributed by atoms with Gasteiger partial charge in [0.25, 0.3) is 0 Å². The van der Waals surface area contributed by atoms with E-state index in [2.05, 4.69) is 0 Å². The molecule has 0 fully saturated rings. The molecule has 2 N–H and O–H groups in total. The van der Waals surface area contributed by atoms with Gasteiger partial charge in [-0.15, -0.1) is 0 Å². The number of hydrazine groups is 1. The van der Waals surface area contributed by atoms with E-state index in [0.717, 1.165) is 5.01 Å². The molecule has 0 aromatic heterocycles. The van der Waals surface area contributed by atoms with Crippen molar-refractivity contribution in [3.8, 4) is 0 Å². The van der Waals surface area contributed by atoms with Gasteiger partial charge in [0.05, 0.1) is 6.61 Å². The van der Waals surface area contributed by atoms with Gasteiger partial charge >= 0.3 is 6.09 Å². The molecule has 66 valence electrons. The molecule has 0 aliphatic rings. The van der Waals surface area contributed by atoms with Crippen molar-refractivity contribution in [3.63, 3.8) is 0 Å². The third-order valence-corrected chi connectivity index (χ3v) is 1.12. The Morgan fingerprint density at radius 2 is 2.18 bits per heavy atom. The lowest BCUT2D eigenvalue weighted by atomic mass is 10.2. The van der Waals surface area contributed by atoms with Gasteiger partial charge in [-0.25, -0.2) is 15.6 Å². The van der Waals surface area contributed by atoms with Gasteiger partial charge in [0.2, 0.25) is 0 Å². The van der Waals surface area contributed by atoms with E-state index in [1.807, 2.05) is 13.8 Å². The summed E-state index contributed by atoms with van der Waals surface area (Å²) in [6.07, 6.45) is -0.457. The predicted octanol–water partition coefficient (Wildman–Crippen LogP) is 0.975. The molecule has 0 aliphatic heterocycles. The van der Waals surface area contributed by atoms with E-state index < -0.39 is 6.09 Å². The highest BCUT2D eigenvalue weighted by Gasteiger charge is 2.08. The van der Waals surface area contributed by atoms with E-state index >= 15 is 0 Å². The molecule has 0 aliphatic carbocycles. The van der Waals surface area contributed by atoms with Gasteiger partial charge < -0.3 is 4.74 Å². The van der Waals surface area contributed by atoms with E-state index in [1.54, 1.807) is 6.92 Å². The summed E-state index contributed by atoms with van der Waals surface area (Å²) in [6, 6.07) is 0. The smallest absolute Gasteiger partial charge is 0.424 e. The van der Waals surface area contributed by atoms with E-state index in [-0.39, 0.29) is 0 Å². The molecule has 0 atom stereocenters. The molecule has 0 rings (SSSR count). The summed E-state index contributed by atoms with van der Waals surface area (Å²) < 4.78 is 4.82. The molecule has 11 heavy (non-hydrogen) atoms. The quantitative estimate of drug-likeness (QED) is 0.380. The molecule has 0 bridgehead atoms. The lowest BCUT2D eigenvalue weighted by Crippen LogP contribution is -2.38. The van der Waals surface area contributed by atoms with E-state index in [9.17, 15) is 4.79 Å². The van der Waals surface area contributed by atoms with Crippen molar-refractivity contribution in [1.29, 1.82) is 0 Å². The number of ether oxygens (including phenoxy) is 1. The van der Waals surface area contributed by atoms with Crippen molar-refractivity contribution >= 4 is 6.09 Å². The van der Waals surface area contributed by atoms with Crippen molar-refractivity contribution < 1.29 is 9.53 Å². The standard InChI is InChI=1S/C7H16N2O2/c1-4-9(8)7(10)11-5-6(2)3/h6H,4-5,8H2,1-3H3. The van der Waals surface area contributed by atoms with Crippen LogP contribution in [0.3, 0.4) is 0 Å². The number of carbonyl (C=O) groups excluding carboxylic acids is 1. The minimum Gasteiger partial charge on any atom is -0.448 e. The molecule has 0 saturated carbocycles. The van der Waals surface area contributed by atoms with Crippen LogP contribution in [0, 0.1) is 5.92 Å². The van der Waals surface area contributed by atoms with Gasteiger partial charge in [-0.3, -0.25) is 0 Å². The topological polar surface area (TPSA) is 55.6 Å². The summed E-state index contributed by atoms with van der Waals surface area (Å²) in [5.74, 6) is 5.61. The Balaban J connectivity index is 3.52. The van der Waals surface area contributed by atoms with Crippen molar-refractivity contribution in [2.75, 3.05) is 13.2 Å². The molecule has 0 aromatic rings. The number of rotatable bonds is 3. The van der Waals surface area contributed by atoms with E-state index in [4.69, 9.17) is 10.6 Å². The summed E-state index contributed by atoms with van der Waals surface area (Å²) in [6.45, 7) is 6.63. The fraction of sp³-hybridized carbons (Fsp3) is 0.857. The molecule has 1 amide bonds. The Bertz CT molecular complexity index is 126. The third kappa shape index (κ3) is 4.61. The summed E-state index contributed by atoms with van der Waals surface area (Å²) in [7, 11) is 0. The Hall–Kier alpha value is -0.770. The molecule has 0 radical (unpaired) electrons. The Morgan fingerprint density at radius 1 is 1.64 bits per heavy atom. The first-order chi connectivity index (χ1) is 5.07. The Kier molecular flexibility index (Phi) is 4.61. The third-order valence-electron chi connectivity index (χ3n) is 1.12. The van der Waals surface area contributed by atoms with Crippen LogP contribution in [-0.2, 0) is 4.74 Å². The maximum Gasteiger partial charge on any atom is 0.424 e. The highest BCUT2D eigenvalue weighted by molar-refractivity contribution is 5.66. The second kappa shape index (κ2) is 4.96. The van der Waals surface area contributed by atoms with Crippen LogP contribution >= 0.6 is 0 Å². The van der Waals surface area contributed by atoms with Crippen molar-refractivity contribution in [2.45, 2.75) is 20.8 Å². The monoisotopic (exact) mass is 160 g/mol.